The molecule has 4 N–H and O–H groups in total. The van der Waals surface area contributed by atoms with Gasteiger partial charge in [-0.3, -0.25) is 4.79 Å². The van der Waals surface area contributed by atoms with Crippen molar-refractivity contribution in [3.63, 3.8) is 0 Å². The van der Waals surface area contributed by atoms with Gasteiger partial charge in [-0.15, -0.1) is 0 Å². The Kier molecular flexibility index (Phi) is 4.61. The number of carbonyl (C=O) groups is 1. The van der Waals surface area contributed by atoms with Crippen LogP contribution in [0.25, 0.3) is 11.3 Å². The summed E-state index contributed by atoms with van der Waals surface area (Å²) in [5.74, 6) is -0.469. The maximum atomic E-state index is 11.1. The van der Waals surface area contributed by atoms with E-state index in [9.17, 15) is 4.79 Å². The zero-order valence-corrected chi connectivity index (χ0v) is 13.7. The van der Waals surface area contributed by atoms with E-state index >= 15 is 0 Å². The summed E-state index contributed by atoms with van der Waals surface area (Å²) in [6, 6.07) is 14.8. The first kappa shape index (κ1) is 16.4. The average molecular weight is 334 g/mol. The van der Waals surface area contributed by atoms with Crippen molar-refractivity contribution in [2.24, 2.45) is 0 Å². The van der Waals surface area contributed by atoms with Gasteiger partial charge in [0.05, 0.1) is 12.1 Å². The topological polar surface area (TPSA) is 101 Å². The van der Waals surface area contributed by atoms with Gasteiger partial charge >= 0.3 is 5.97 Å². The number of carboxylic acids is 1. The van der Waals surface area contributed by atoms with Crippen LogP contribution in [0.5, 0.6) is 0 Å². The first-order valence-corrected chi connectivity index (χ1v) is 7.78. The summed E-state index contributed by atoms with van der Waals surface area (Å²) in [4.78, 5) is 19.8. The van der Waals surface area contributed by atoms with Crippen molar-refractivity contribution in [3.05, 3.63) is 65.9 Å². The Balaban J connectivity index is 1.95. The minimum atomic E-state index is -0.905. The second-order valence-electron chi connectivity index (χ2n) is 5.74. The highest BCUT2D eigenvalue weighted by atomic mass is 16.4. The van der Waals surface area contributed by atoms with Crippen molar-refractivity contribution < 1.29 is 9.90 Å². The number of benzene rings is 2. The van der Waals surface area contributed by atoms with Gasteiger partial charge in [-0.25, -0.2) is 9.97 Å². The van der Waals surface area contributed by atoms with Gasteiger partial charge in [0.15, 0.2) is 0 Å². The molecule has 0 amide bonds. The van der Waals surface area contributed by atoms with E-state index in [0.29, 0.717) is 28.5 Å². The lowest BCUT2D eigenvalue weighted by Gasteiger charge is -2.10. The molecule has 3 rings (SSSR count). The van der Waals surface area contributed by atoms with Gasteiger partial charge in [-0.2, -0.15) is 0 Å². The van der Waals surface area contributed by atoms with Crippen LogP contribution in [-0.2, 0) is 11.2 Å². The zero-order valence-electron chi connectivity index (χ0n) is 13.7. The number of aromatic nitrogens is 2. The summed E-state index contributed by atoms with van der Waals surface area (Å²) in [6.07, 6.45) is 1.53. The average Bonchev–Trinajstić information content (AvgIpc) is 2.58. The minimum absolute atomic E-state index is 0.0969. The number of nitrogens with two attached hydrogens (primary N) is 1. The van der Waals surface area contributed by atoms with Crippen molar-refractivity contribution >= 4 is 23.3 Å². The number of anilines is 3. The van der Waals surface area contributed by atoms with Crippen LogP contribution < -0.4 is 11.1 Å². The molecule has 6 heteroatoms. The molecule has 0 unspecified atom stereocenters. The number of aliphatic carboxylic acids is 1. The van der Waals surface area contributed by atoms with Gasteiger partial charge < -0.3 is 16.2 Å². The molecule has 6 nitrogen and oxygen atoms in total. The molecule has 0 saturated heterocycles. The summed E-state index contributed by atoms with van der Waals surface area (Å²) < 4.78 is 0. The second-order valence-corrected chi connectivity index (χ2v) is 5.74. The lowest BCUT2D eigenvalue weighted by Crippen LogP contribution is -2.04. The van der Waals surface area contributed by atoms with E-state index in [1.807, 2.05) is 31.2 Å². The molecular weight excluding hydrogens is 316 g/mol. The predicted octanol–water partition coefficient (Wildman–Crippen LogP) is 3.40. The van der Waals surface area contributed by atoms with E-state index in [-0.39, 0.29) is 6.42 Å². The second kappa shape index (κ2) is 7.00. The Morgan fingerprint density at radius 1 is 1.16 bits per heavy atom. The molecule has 126 valence electrons. The largest absolute Gasteiger partial charge is 0.481 e. The molecule has 1 heterocycles. The first-order chi connectivity index (χ1) is 12.0. The number of hydrogen-bond acceptors (Lipinski definition) is 5. The molecule has 0 atom stereocenters. The Morgan fingerprint density at radius 2 is 1.92 bits per heavy atom. The molecule has 0 aliphatic carbocycles. The van der Waals surface area contributed by atoms with Gasteiger partial charge in [0.1, 0.15) is 0 Å². The SMILES string of the molecule is Cc1ccc(Nc2nccc(-c3cc(N)ccc3CC(=O)O)n2)cc1. The Bertz CT molecular complexity index is 908. The number of hydrogen-bond donors (Lipinski definition) is 3. The standard InChI is InChI=1S/C19H18N4O2/c1-12-2-6-15(7-3-12)22-19-21-9-8-17(23-19)16-11-14(20)5-4-13(16)10-18(24)25/h2-9,11H,10,20H2,1H3,(H,24,25)(H,21,22,23). The van der Waals surface area contributed by atoms with Crippen molar-refractivity contribution in [1.29, 1.82) is 0 Å². The van der Waals surface area contributed by atoms with Crippen LogP contribution >= 0.6 is 0 Å². The number of carboxylic acid groups (broad SMARTS) is 1. The predicted molar refractivity (Wildman–Crippen MR) is 97.7 cm³/mol. The molecule has 0 saturated carbocycles. The number of aryl methyl sites for hydroxylation is 1. The summed E-state index contributed by atoms with van der Waals surface area (Å²) in [5.41, 5.74) is 10.4. The normalized spacial score (nSPS) is 10.4. The smallest absolute Gasteiger partial charge is 0.307 e. The van der Waals surface area contributed by atoms with Gasteiger partial charge in [-0.05, 0) is 42.8 Å². The van der Waals surface area contributed by atoms with Crippen LogP contribution in [0.4, 0.5) is 17.3 Å². The molecule has 0 aliphatic heterocycles. The van der Waals surface area contributed by atoms with Gasteiger partial charge in [0.25, 0.3) is 0 Å². The lowest BCUT2D eigenvalue weighted by atomic mass is 10.0. The summed E-state index contributed by atoms with van der Waals surface area (Å²) >= 11 is 0. The van der Waals surface area contributed by atoms with Gasteiger partial charge in [0.2, 0.25) is 5.95 Å². The van der Waals surface area contributed by atoms with Crippen LogP contribution in [0.3, 0.4) is 0 Å². The summed E-state index contributed by atoms with van der Waals surface area (Å²) in [6.45, 7) is 2.02. The van der Waals surface area contributed by atoms with Crippen molar-refractivity contribution in [1.82, 2.24) is 9.97 Å². The third-order valence-corrected chi connectivity index (χ3v) is 3.71. The maximum Gasteiger partial charge on any atom is 0.307 e. The molecule has 25 heavy (non-hydrogen) atoms. The van der Waals surface area contributed by atoms with E-state index < -0.39 is 5.97 Å². The number of nitrogens with one attached hydrogen (secondary N) is 1. The van der Waals surface area contributed by atoms with Crippen LogP contribution in [0.2, 0.25) is 0 Å². The maximum absolute atomic E-state index is 11.1. The molecule has 0 radical (unpaired) electrons. The zero-order chi connectivity index (χ0) is 17.8. The minimum Gasteiger partial charge on any atom is -0.481 e. The highest BCUT2D eigenvalue weighted by Gasteiger charge is 2.11. The lowest BCUT2D eigenvalue weighted by molar-refractivity contribution is -0.136. The molecule has 0 aliphatic rings. The van der Waals surface area contributed by atoms with Crippen LogP contribution in [-0.4, -0.2) is 21.0 Å². The molecule has 1 aromatic heterocycles. The van der Waals surface area contributed by atoms with Crippen molar-refractivity contribution in [3.8, 4) is 11.3 Å². The number of rotatable bonds is 5. The Hall–Kier alpha value is -3.41. The van der Waals surface area contributed by atoms with E-state index in [0.717, 1.165) is 5.69 Å². The number of nitrogen functional groups attached to an aromatic ring is 1. The van der Waals surface area contributed by atoms with E-state index in [2.05, 4.69) is 15.3 Å². The van der Waals surface area contributed by atoms with E-state index in [1.165, 1.54) is 5.56 Å². The van der Waals surface area contributed by atoms with Crippen molar-refractivity contribution in [2.75, 3.05) is 11.1 Å². The van der Waals surface area contributed by atoms with E-state index in [4.69, 9.17) is 10.8 Å². The summed E-state index contributed by atoms with van der Waals surface area (Å²) in [7, 11) is 0. The fourth-order valence-corrected chi connectivity index (χ4v) is 2.48. The van der Waals surface area contributed by atoms with Crippen LogP contribution in [0.1, 0.15) is 11.1 Å². The van der Waals surface area contributed by atoms with Gasteiger partial charge in [-0.1, -0.05) is 23.8 Å². The fraction of sp³-hybridized carbons (Fsp3) is 0.105. The number of nitrogens with zero attached hydrogens (tertiary/aromatic N) is 2. The third-order valence-electron chi connectivity index (χ3n) is 3.71. The molecule has 0 bridgehead atoms. The fourth-order valence-electron chi connectivity index (χ4n) is 2.48. The van der Waals surface area contributed by atoms with Crippen LogP contribution in [0, 0.1) is 6.92 Å². The first-order valence-electron chi connectivity index (χ1n) is 7.78. The molecule has 0 spiro atoms. The molecule has 3 aromatic rings. The third kappa shape index (κ3) is 4.11. The van der Waals surface area contributed by atoms with Crippen LogP contribution in [0.15, 0.2) is 54.7 Å². The van der Waals surface area contributed by atoms with E-state index in [1.54, 1.807) is 30.5 Å². The summed E-state index contributed by atoms with van der Waals surface area (Å²) in [5, 5.41) is 12.2. The Morgan fingerprint density at radius 3 is 2.64 bits per heavy atom. The Labute approximate surface area is 145 Å². The quantitative estimate of drug-likeness (QED) is 0.618. The van der Waals surface area contributed by atoms with Gasteiger partial charge in [0, 0.05) is 23.1 Å². The highest BCUT2D eigenvalue weighted by Crippen LogP contribution is 2.26. The monoisotopic (exact) mass is 334 g/mol. The van der Waals surface area contributed by atoms with Crippen molar-refractivity contribution in [2.45, 2.75) is 13.3 Å². The highest BCUT2D eigenvalue weighted by molar-refractivity contribution is 5.77. The molecule has 0 fully saturated rings. The molecule has 2 aromatic carbocycles. The molecular formula is C19H18N4O2.